The lowest BCUT2D eigenvalue weighted by atomic mass is 9.84. The van der Waals surface area contributed by atoms with Crippen LogP contribution in [0.4, 0.5) is 4.79 Å². The van der Waals surface area contributed by atoms with Crippen LogP contribution in [0.3, 0.4) is 0 Å². The summed E-state index contributed by atoms with van der Waals surface area (Å²) in [5.74, 6) is 0.0425. The molecule has 138 valence electrons. The molecule has 2 amide bonds. The normalized spacial score (nSPS) is 28.5. The minimum Gasteiger partial charge on any atom is -0.480 e. The number of carboxylic acid groups (broad SMARTS) is 1. The number of likely N-dealkylation sites (N-methyl/N-ethyl adjacent to an activating group) is 1. The van der Waals surface area contributed by atoms with Crippen molar-refractivity contribution in [2.24, 2.45) is 5.92 Å². The Balaban J connectivity index is 1.76. The molecular formula is C18H33N3O3. The molecule has 0 aromatic carbocycles. The van der Waals surface area contributed by atoms with Gasteiger partial charge in [-0.25, -0.2) is 4.79 Å². The van der Waals surface area contributed by atoms with Gasteiger partial charge in [0.15, 0.2) is 0 Å². The summed E-state index contributed by atoms with van der Waals surface area (Å²) in [6, 6.07) is 0.643. The van der Waals surface area contributed by atoms with Gasteiger partial charge in [-0.2, -0.15) is 0 Å². The zero-order valence-electron chi connectivity index (χ0n) is 15.2. The standard InChI is InChI=1S/C18H33N3O3/c1-3-14-6-8-15(9-7-14)19-18(24)21-11-4-5-16(10-12-21)20(2)13-17(22)23/h14-16H,3-13H2,1-2H3,(H,19,24)(H,22,23). The fraction of sp³-hybridized carbons (Fsp3) is 0.889. The molecule has 6 heteroatoms. The molecule has 2 fully saturated rings. The topological polar surface area (TPSA) is 72.9 Å². The first-order valence-corrected chi connectivity index (χ1v) is 9.47. The highest BCUT2D eigenvalue weighted by Gasteiger charge is 2.26. The lowest BCUT2D eigenvalue weighted by Gasteiger charge is -2.31. The van der Waals surface area contributed by atoms with Gasteiger partial charge in [-0.1, -0.05) is 13.3 Å². The summed E-state index contributed by atoms with van der Waals surface area (Å²) < 4.78 is 0. The van der Waals surface area contributed by atoms with E-state index in [9.17, 15) is 9.59 Å². The highest BCUT2D eigenvalue weighted by atomic mass is 16.4. The smallest absolute Gasteiger partial charge is 0.317 e. The predicted octanol–water partition coefficient (Wildman–Crippen LogP) is 2.54. The van der Waals surface area contributed by atoms with E-state index < -0.39 is 5.97 Å². The zero-order valence-corrected chi connectivity index (χ0v) is 15.2. The second-order valence-corrected chi connectivity index (χ2v) is 7.46. The van der Waals surface area contributed by atoms with Gasteiger partial charge >= 0.3 is 12.0 Å². The Hall–Kier alpha value is -1.30. The zero-order chi connectivity index (χ0) is 17.5. The molecule has 24 heavy (non-hydrogen) atoms. The van der Waals surface area contributed by atoms with Crippen molar-refractivity contribution in [1.29, 1.82) is 0 Å². The number of nitrogens with zero attached hydrogens (tertiary/aromatic N) is 2. The molecule has 0 aromatic rings. The number of rotatable bonds is 5. The molecule has 0 radical (unpaired) electrons. The number of carboxylic acids is 1. The van der Waals surface area contributed by atoms with E-state index in [1.54, 1.807) is 0 Å². The molecule has 0 aromatic heterocycles. The number of carbonyl (C=O) groups is 2. The third kappa shape index (κ3) is 5.65. The number of aliphatic carboxylic acids is 1. The van der Waals surface area contributed by atoms with Crippen LogP contribution in [-0.4, -0.2) is 65.7 Å². The fourth-order valence-corrected chi connectivity index (χ4v) is 4.05. The maximum Gasteiger partial charge on any atom is 0.317 e. The monoisotopic (exact) mass is 339 g/mol. The summed E-state index contributed by atoms with van der Waals surface area (Å²) in [5, 5.41) is 12.1. The van der Waals surface area contributed by atoms with E-state index >= 15 is 0 Å². The number of hydrogen-bond acceptors (Lipinski definition) is 3. The van der Waals surface area contributed by atoms with Crippen molar-refractivity contribution < 1.29 is 14.7 Å². The Bertz CT molecular complexity index is 422. The van der Waals surface area contributed by atoms with Gasteiger partial charge in [0, 0.05) is 25.2 Å². The van der Waals surface area contributed by atoms with E-state index in [4.69, 9.17) is 5.11 Å². The lowest BCUT2D eigenvalue weighted by molar-refractivity contribution is -0.138. The molecule has 1 aliphatic carbocycles. The average Bonchev–Trinajstić information content (AvgIpc) is 2.81. The second-order valence-electron chi connectivity index (χ2n) is 7.46. The summed E-state index contributed by atoms with van der Waals surface area (Å²) in [4.78, 5) is 27.2. The van der Waals surface area contributed by atoms with Crippen LogP contribution in [-0.2, 0) is 4.79 Å². The summed E-state index contributed by atoms with van der Waals surface area (Å²) in [6.07, 6.45) is 8.63. The highest BCUT2D eigenvalue weighted by Crippen LogP contribution is 2.26. The van der Waals surface area contributed by atoms with Gasteiger partial charge in [-0.05, 0) is 57.9 Å². The number of urea groups is 1. The summed E-state index contributed by atoms with van der Waals surface area (Å²) in [6.45, 7) is 3.80. The molecule has 1 unspecified atom stereocenters. The Morgan fingerprint density at radius 1 is 1.12 bits per heavy atom. The summed E-state index contributed by atoms with van der Waals surface area (Å²) >= 11 is 0. The van der Waals surface area contributed by atoms with Crippen LogP contribution in [0, 0.1) is 5.92 Å². The third-order valence-corrected chi connectivity index (χ3v) is 5.74. The first kappa shape index (κ1) is 19.0. The van der Waals surface area contributed by atoms with Crippen LogP contribution in [0.5, 0.6) is 0 Å². The summed E-state index contributed by atoms with van der Waals surface area (Å²) in [5.41, 5.74) is 0. The van der Waals surface area contributed by atoms with Crippen molar-refractivity contribution in [1.82, 2.24) is 15.1 Å². The van der Waals surface area contributed by atoms with E-state index in [0.717, 1.165) is 44.6 Å². The maximum absolute atomic E-state index is 12.5. The quantitative estimate of drug-likeness (QED) is 0.807. The number of carbonyl (C=O) groups excluding carboxylic acids is 1. The minimum atomic E-state index is -0.793. The molecular weight excluding hydrogens is 306 g/mol. The average molecular weight is 339 g/mol. The lowest BCUT2D eigenvalue weighted by Crippen LogP contribution is -2.46. The van der Waals surface area contributed by atoms with Gasteiger partial charge in [0.2, 0.25) is 0 Å². The van der Waals surface area contributed by atoms with Crippen molar-refractivity contribution in [3.05, 3.63) is 0 Å². The van der Waals surface area contributed by atoms with Gasteiger partial charge in [0.05, 0.1) is 6.54 Å². The molecule has 2 rings (SSSR count). The molecule has 1 saturated heterocycles. The van der Waals surface area contributed by atoms with E-state index in [2.05, 4.69) is 12.2 Å². The maximum atomic E-state index is 12.5. The molecule has 2 N–H and O–H groups in total. The Morgan fingerprint density at radius 2 is 1.83 bits per heavy atom. The molecule has 6 nitrogen and oxygen atoms in total. The minimum absolute atomic E-state index is 0.0662. The van der Waals surface area contributed by atoms with Crippen LogP contribution in [0.2, 0.25) is 0 Å². The van der Waals surface area contributed by atoms with Gasteiger partial charge in [-0.15, -0.1) is 0 Å². The van der Waals surface area contributed by atoms with Gasteiger partial charge < -0.3 is 15.3 Å². The van der Waals surface area contributed by atoms with Crippen LogP contribution in [0.1, 0.15) is 58.3 Å². The number of hydrogen-bond donors (Lipinski definition) is 2. The van der Waals surface area contributed by atoms with E-state index in [-0.39, 0.29) is 18.6 Å². The highest BCUT2D eigenvalue weighted by molar-refractivity contribution is 5.74. The van der Waals surface area contributed by atoms with E-state index in [1.807, 2.05) is 16.8 Å². The number of nitrogens with one attached hydrogen (secondary N) is 1. The molecule has 0 spiro atoms. The molecule has 0 bridgehead atoms. The Morgan fingerprint density at radius 3 is 2.46 bits per heavy atom. The van der Waals surface area contributed by atoms with E-state index in [1.165, 1.54) is 19.3 Å². The SMILES string of the molecule is CCC1CCC(NC(=O)N2CCCC(N(C)CC(=O)O)CC2)CC1. The van der Waals surface area contributed by atoms with Crippen LogP contribution in [0.25, 0.3) is 0 Å². The largest absolute Gasteiger partial charge is 0.480 e. The van der Waals surface area contributed by atoms with E-state index in [0.29, 0.717) is 12.6 Å². The molecule has 1 aliphatic heterocycles. The van der Waals surface area contributed by atoms with Gasteiger partial charge in [0.1, 0.15) is 0 Å². The van der Waals surface area contributed by atoms with Crippen molar-refractivity contribution in [2.75, 3.05) is 26.7 Å². The summed E-state index contributed by atoms with van der Waals surface area (Å²) in [7, 11) is 1.86. The van der Waals surface area contributed by atoms with Crippen molar-refractivity contribution >= 4 is 12.0 Å². The first-order valence-electron chi connectivity index (χ1n) is 9.47. The molecule has 1 heterocycles. The predicted molar refractivity (Wildman–Crippen MR) is 94.0 cm³/mol. The molecule has 2 aliphatic rings. The number of likely N-dealkylation sites (tertiary alicyclic amines) is 1. The van der Waals surface area contributed by atoms with Crippen LogP contribution >= 0.6 is 0 Å². The third-order valence-electron chi connectivity index (χ3n) is 5.74. The number of amides is 2. The van der Waals surface area contributed by atoms with Gasteiger partial charge in [-0.3, -0.25) is 9.69 Å². The van der Waals surface area contributed by atoms with Crippen LogP contribution < -0.4 is 5.32 Å². The molecule has 1 saturated carbocycles. The second kappa shape index (κ2) is 9.25. The van der Waals surface area contributed by atoms with Crippen LogP contribution in [0.15, 0.2) is 0 Å². The molecule has 1 atom stereocenters. The first-order chi connectivity index (χ1) is 11.5. The van der Waals surface area contributed by atoms with Crippen molar-refractivity contribution in [2.45, 2.75) is 70.4 Å². The Kier molecular flexibility index (Phi) is 7.34. The van der Waals surface area contributed by atoms with Gasteiger partial charge in [0.25, 0.3) is 0 Å². The van der Waals surface area contributed by atoms with Crippen molar-refractivity contribution in [3.63, 3.8) is 0 Å². The fourth-order valence-electron chi connectivity index (χ4n) is 4.05. The van der Waals surface area contributed by atoms with Crippen molar-refractivity contribution in [3.8, 4) is 0 Å². The Labute approximate surface area is 145 Å².